The lowest BCUT2D eigenvalue weighted by Gasteiger charge is -2.20. The standard InChI is InChI=1S/C24H21NO5/c1-16-7-10-19(11-8-16)25-23(26)22(17-5-3-2-4-6-17)30-24(27)18-9-12-20-21(15-18)29-14-13-28-20/h2-12,15,22H,13-14H2,1H3,(H,25,26). The van der Waals surface area contributed by atoms with E-state index >= 15 is 0 Å². The van der Waals surface area contributed by atoms with Crippen LogP contribution >= 0.6 is 0 Å². The highest BCUT2D eigenvalue weighted by Gasteiger charge is 2.26. The van der Waals surface area contributed by atoms with E-state index in [-0.39, 0.29) is 5.56 Å². The third-order valence-electron chi connectivity index (χ3n) is 4.66. The van der Waals surface area contributed by atoms with Gasteiger partial charge in [-0.05, 0) is 37.3 Å². The number of benzene rings is 3. The third kappa shape index (κ3) is 4.43. The van der Waals surface area contributed by atoms with Gasteiger partial charge in [0, 0.05) is 11.3 Å². The number of carbonyl (C=O) groups is 2. The largest absolute Gasteiger partial charge is 0.486 e. The fourth-order valence-corrected chi connectivity index (χ4v) is 3.09. The predicted molar refractivity (Wildman–Crippen MR) is 112 cm³/mol. The number of nitrogens with one attached hydrogen (secondary N) is 1. The molecule has 152 valence electrons. The smallest absolute Gasteiger partial charge is 0.339 e. The number of esters is 1. The number of aryl methyl sites for hydroxylation is 1. The number of fused-ring (bicyclic) bond motifs is 1. The van der Waals surface area contributed by atoms with E-state index in [1.807, 2.05) is 25.1 Å². The van der Waals surface area contributed by atoms with Crippen LogP contribution < -0.4 is 14.8 Å². The molecule has 6 nitrogen and oxygen atoms in total. The number of amides is 1. The van der Waals surface area contributed by atoms with Crippen LogP contribution in [0, 0.1) is 6.92 Å². The Morgan fingerprint density at radius 2 is 1.60 bits per heavy atom. The van der Waals surface area contributed by atoms with Crippen LogP contribution in [-0.4, -0.2) is 25.1 Å². The predicted octanol–water partition coefficient (Wildman–Crippen LogP) is 4.30. The maximum Gasteiger partial charge on any atom is 0.339 e. The Hall–Kier alpha value is -3.80. The van der Waals surface area contributed by atoms with Gasteiger partial charge in [0.25, 0.3) is 5.91 Å². The highest BCUT2D eigenvalue weighted by atomic mass is 16.6. The van der Waals surface area contributed by atoms with Gasteiger partial charge in [0.15, 0.2) is 11.5 Å². The number of ether oxygens (including phenoxy) is 3. The second-order valence-corrected chi connectivity index (χ2v) is 6.91. The van der Waals surface area contributed by atoms with Crippen molar-refractivity contribution in [2.24, 2.45) is 0 Å². The van der Waals surface area contributed by atoms with Crippen LogP contribution in [0.2, 0.25) is 0 Å². The van der Waals surface area contributed by atoms with Gasteiger partial charge >= 0.3 is 5.97 Å². The minimum atomic E-state index is -1.10. The normalized spacial score (nSPS) is 13.2. The first kappa shape index (κ1) is 19.5. The highest BCUT2D eigenvalue weighted by Crippen LogP contribution is 2.31. The van der Waals surface area contributed by atoms with Crippen LogP contribution in [-0.2, 0) is 9.53 Å². The van der Waals surface area contributed by atoms with Gasteiger partial charge < -0.3 is 19.5 Å². The van der Waals surface area contributed by atoms with E-state index in [2.05, 4.69) is 5.32 Å². The molecule has 0 saturated carbocycles. The molecule has 0 aromatic heterocycles. The van der Waals surface area contributed by atoms with Gasteiger partial charge in [0.1, 0.15) is 13.2 Å². The van der Waals surface area contributed by atoms with Gasteiger partial charge in [0.05, 0.1) is 5.56 Å². The van der Waals surface area contributed by atoms with Crippen molar-refractivity contribution in [1.82, 2.24) is 0 Å². The summed E-state index contributed by atoms with van der Waals surface area (Å²) in [6.07, 6.45) is -1.10. The summed E-state index contributed by atoms with van der Waals surface area (Å²) in [7, 11) is 0. The molecule has 1 amide bonds. The summed E-state index contributed by atoms with van der Waals surface area (Å²) in [4.78, 5) is 25.8. The Labute approximate surface area is 174 Å². The Kier molecular flexibility index (Phi) is 5.66. The average Bonchev–Trinajstić information content (AvgIpc) is 2.79. The Morgan fingerprint density at radius 1 is 0.900 bits per heavy atom. The first-order chi connectivity index (χ1) is 14.6. The summed E-state index contributed by atoms with van der Waals surface area (Å²) in [5.74, 6) is 0.00132. The molecule has 1 unspecified atom stereocenters. The van der Waals surface area contributed by atoms with Gasteiger partial charge in [-0.15, -0.1) is 0 Å². The lowest BCUT2D eigenvalue weighted by Crippen LogP contribution is -2.26. The minimum Gasteiger partial charge on any atom is -0.486 e. The number of hydrogen-bond acceptors (Lipinski definition) is 5. The Bertz CT molecular complexity index is 1050. The topological polar surface area (TPSA) is 73.9 Å². The van der Waals surface area contributed by atoms with Crippen molar-refractivity contribution in [2.45, 2.75) is 13.0 Å². The first-order valence-electron chi connectivity index (χ1n) is 9.63. The maximum atomic E-state index is 13.0. The summed E-state index contributed by atoms with van der Waals surface area (Å²) >= 11 is 0. The van der Waals surface area contributed by atoms with Gasteiger partial charge in [-0.25, -0.2) is 4.79 Å². The summed E-state index contributed by atoms with van der Waals surface area (Å²) in [6.45, 7) is 2.84. The highest BCUT2D eigenvalue weighted by molar-refractivity contribution is 5.98. The molecule has 4 rings (SSSR count). The summed E-state index contributed by atoms with van der Waals surface area (Å²) in [5.41, 5.74) is 2.57. The molecule has 0 fully saturated rings. The minimum absolute atomic E-state index is 0.281. The van der Waals surface area contributed by atoms with E-state index in [9.17, 15) is 9.59 Å². The zero-order chi connectivity index (χ0) is 20.9. The number of hydrogen-bond donors (Lipinski definition) is 1. The van der Waals surface area contributed by atoms with Crippen molar-refractivity contribution >= 4 is 17.6 Å². The van der Waals surface area contributed by atoms with Crippen LogP contribution in [0.3, 0.4) is 0 Å². The molecule has 0 saturated heterocycles. The van der Waals surface area contributed by atoms with Crippen LogP contribution in [0.4, 0.5) is 5.69 Å². The Morgan fingerprint density at radius 3 is 2.33 bits per heavy atom. The fraction of sp³-hybridized carbons (Fsp3) is 0.167. The summed E-state index contributed by atoms with van der Waals surface area (Å²) < 4.78 is 16.6. The van der Waals surface area contributed by atoms with Gasteiger partial charge in [-0.3, -0.25) is 4.79 Å². The van der Waals surface area contributed by atoms with E-state index in [1.165, 1.54) is 0 Å². The molecule has 1 aliphatic rings. The average molecular weight is 403 g/mol. The second kappa shape index (κ2) is 8.69. The van der Waals surface area contributed by atoms with Crippen LogP contribution in [0.5, 0.6) is 11.5 Å². The molecule has 3 aromatic rings. The molecule has 1 heterocycles. The number of carbonyl (C=O) groups excluding carboxylic acids is 2. The molecule has 0 aliphatic carbocycles. The van der Waals surface area contributed by atoms with Crippen molar-refractivity contribution in [3.63, 3.8) is 0 Å². The van der Waals surface area contributed by atoms with Crippen molar-refractivity contribution in [1.29, 1.82) is 0 Å². The lowest BCUT2D eigenvalue weighted by atomic mass is 10.1. The monoisotopic (exact) mass is 403 g/mol. The summed E-state index contributed by atoms with van der Waals surface area (Å²) in [5, 5.41) is 2.81. The maximum absolute atomic E-state index is 13.0. The molecule has 1 atom stereocenters. The van der Waals surface area contributed by atoms with E-state index in [0.29, 0.717) is 36.0 Å². The molecule has 6 heteroatoms. The first-order valence-corrected chi connectivity index (χ1v) is 9.63. The fourth-order valence-electron chi connectivity index (χ4n) is 3.09. The molecular formula is C24H21NO5. The molecule has 30 heavy (non-hydrogen) atoms. The molecule has 0 bridgehead atoms. The van der Waals surface area contributed by atoms with E-state index in [4.69, 9.17) is 14.2 Å². The van der Waals surface area contributed by atoms with Crippen LogP contribution in [0.15, 0.2) is 72.8 Å². The number of anilines is 1. The lowest BCUT2D eigenvalue weighted by molar-refractivity contribution is -0.125. The SMILES string of the molecule is Cc1ccc(NC(=O)C(OC(=O)c2ccc3c(c2)OCCO3)c2ccccc2)cc1. The zero-order valence-electron chi connectivity index (χ0n) is 16.5. The third-order valence-corrected chi connectivity index (χ3v) is 4.66. The molecular weight excluding hydrogens is 382 g/mol. The molecule has 3 aromatic carbocycles. The quantitative estimate of drug-likeness (QED) is 0.643. The number of rotatable bonds is 5. The van der Waals surface area contributed by atoms with Gasteiger partial charge in [0.2, 0.25) is 6.10 Å². The van der Waals surface area contributed by atoms with Crippen LogP contribution in [0.25, 0.3) is 0 Å². The second-order valence-electron chi connectivity index (χ2n) is 6.91. The van der Waals surface area contributed by atoms with E-state index < -0.39 is 18.0 Å². The van der Waals surface area contributed by atoms with E-state index in [0.717, 1.165) is 5.56 Å². The van der Waals surface area contributed by atoms with Crippen molar-refractivity contribution < 1.29 is 23.8 Å². The molecule has 1 aliphatic heterocycles. The van der Waals surface area contributed by atoms with Crippen LogP contribution in [0.1, 0.15) is 27.6 Å². The van der Waals surface area contributed by atoms with Gasteiger partial charge in [-0.2, -0.15) is 0 Å². The van der Waals surface area contributed by atoms with E-state index in [1.54, 1.807) is 54.6 Å². The molecule has 0 radical (unpaired) electrons. The van der Waals surface area contributed by atoms with Crippen molar-refractivity contribution in [3.8, 4) is 11.5 Å². The molecule has 0 spiro atoms. The van der Waals surface area contributed by atoms with Gasteiger partial charge in [-0.1, -0.05) is 48.0 Å². The Balaban J connectivity index is 1.56. The summed E-state index contributed by atoms with van der Waals surface area (Å²) in [6, 6.07) is 21.1. The van der Waals surface area contributed by atoms with Crippen molar-refractivity contribution in [3.05, 3.63) is 89.5 Å². The van der Waals surface area contributed by atoms with Crippen molar-refractivity contribution in [2.75, 3.05) is 18.5 Å². The zero-order valence-corrected chi connectivity index (χ0v) is 16.5. The molecule has 1 N–H and O–H groups in total.